The van der Waals surface area contributed by atoms with E-state index in [4.69, 9.17) is 16.3 Å². The van der Waals surface area contributed by atoms with Crippen LogP contribution in [0.2, 0.25) is 5.02 Å². The Bertz CT molecular complexity index is 713. The SMILES string of the molecule is CCN(CC)S(=O)(=O)c1cc(C(=O)O)c(N2CCOCC2)cc1Cl. The van der Waals surface area contributed by atoms with Crippen molar-refractivity contribution >= 4 is 33.3 Å². The van der Waals surface area contributed by atoms with Gasteiger partial charge in [0.2, 0.25) is 10.0 Å². The van der Waals surface area contributed by atoms with Crippen molar-refractivity contribution in [2.45, 2.75) is 18.7 Å². The van der Waals surface area contributed by atoms with Crippen LogP contribution in [-0.4, -0.2) is 63.2 Å². The Balaban J connectivity index is 2.56. The average Bonchev–Trinajstić information content (AvgIpc) is 2.55. The third-order valence-corrected chi connectivity index (χ3v) is 6.47. The lowest BCUT2D eigenvalue weighted by atomic mass is 10.1. The van der Waals surface area contributed by atoms with E-state index in [1.54, 1.807) is 13.8 Å². The van der Waals surface area contributed by atoms with E-state index < -0.39 is 16.0 Å². The quantitative estimate of drug-likeness (QED) is 0.816. The van der Waals surface area contributed by atoms with Crippen LogP contribution in [0.3, 0.4) is 0 Å². The molecule has 134 valence electrons. The molecule has 0 unspecified atom stereocenters. The molecule has 1 heterocycles. The first-order chi connectivity index (χ1) is 11.3. The highest BCUT2D eigenvalue weighted by atomic mass is 35.5. The first-order valence-electron chi connectivity index (χ1n) is 7.72. The average molecular weight is 377 g/mol. The molecule has 0 spiro atoms. The molecule has 7 nitrogen and oxygen atoms in total. The highest BCUT2D eigenvalue weighted by Crippen LogP contribution is 2.33. The summed E-state index contributed by atoms with van der Waals surface area (Å²) < 4.78 is 31.9. The van der Waals surface area contributed by atoms with Gasteiger partial charge in [0, 0.05) is 26.2 Å². The topological polar surface area (TPSA) is 87.2 Å². The van der Waals surface area contributed by atoms with E-state index in [2.05, 4.69) is 0 Å². The number of carbonyl (C=O) groups is 1. The second-order valence-electron chi connectivity index (χ2n) is 5.29. The normalized spacial score (nSPS) is 15.8. The van der Waals surface area contributed by atoms with E-state index in [1.807, 2.05) is 4.90 Å². The van der Waals surface area contributed by atoms with E-state index in [0.717, 1.165) is 6.07 Å². The van der Waals surface area contributed by atoms with Crippen molar-refractivity contribution in [2.24, 2.45) is 0 Å². The van der Waals surface area contributed by atoms with Gasteiger partial charge in [0.1, 0.15) is 4.90 Å². The Morgan fingerprint density at radius 3 is 2.38 bits per heavy atom. The van der Waals surface area contributed by atoms with Gasteiger partial charge in [-0.2, -0.15) is 4.31 Å². The van der Waals surface area contributed by atoms with Gasteiger partial charge in [-0.15, -0.1) is 0 Å². The lowest BCUT2D eigenvalue weighted by Crippen LogP contribution is -2.37. The van der Waals surface area contributed by atoms with Crippen LogP contribution in [0, 0.1) is 0 Å². The summed E-state index contributed by atoms with van der Waals surface area (Å²) in [6.07, 6.45) is 0. The summed E-state index contributed by atoms with van der Waals surface area (Å²) in [6.45, 7) is 6.01. The molecule has 0 radical (unpaired) electrons. The molecule has 1 aromatic carbocycles. The summed E-state index contributed by atoms with van der Waals surface area (Å²) in [5, 5.41) is 9.54. The van der Waals surface area contributed by atoms with Crippen LogP contribution in [0.25, 0.3) is 0 Å². The molecular formula is C15H21ClN2O5S. The molecule has 9 heteroatoms. The standard InChI is InChI=1S/C15H21ClN2O5S/c1-3-18(4-2)24(21,22)14-9-11(15(19)20)13(10-12(14)16)17-5-7-23-8-6-17/h9-10H,3-8H2,1-2H3,(H,19,20). The van der Waals surface area contributed by atoms with Crippen LogP contribution < -0.4 is 4.90 Å². The number of anilines is 1. The molecule has 1 aromatic rings. The number of halogens is 1. The number of hydrogen-bond donors (Lipinski definition) is 1. The maximum atomic E-state index is 12.7. The molecule has 0 aliphatic carbocycles. The summed E-state index contributed by atoms with van der Waals surface area (Å²) in [6, 6.07) is 2.58. The molecule has 0 amide bonds. The molecule has 0 bridgehead atoms. The number of carboxylic acid groups (broad SMARTS) is 1. The highest BCUT2D eigenvalue weighted by molar-refractivity contribution is 7.89. The number of sulfonamides is 1. The predicted octanol–water partition coefficient (Wildman–Crippen LogP) is 1.91. The van der Waals surface area contributed by atoms with Gasteiger partial charge in [0.25, 0.3) is 0 Å². The smallest absolute Gasteiger partial charge is 0.337 e. The van der Waals surface area contributed by atoms with Crippen LogP contribution in [0.1, 0.15) is 24.2 Å². The number of carboxylic acids is 1. The van der Waals surface area contributed by atoms with Crippen molar-refractivity contribution in [1.82, 2.24) is 4.31 Å². The fourth-order valence-electron chi connectivity index (χ4n) is 2.68. The maximum absolute atomic E-state index is 12.7. The van der Waals surface area contributed by atoms with Crippen LogP contribution in [0.15, 0.2) is 17.0 Å². The maximum Gasteiger partial charge on any atom is 0.337 e. The van der Waals surface area contributed by atoms with E-state index in [1.165, 1.54) is 10.4 Å². The number of benzene rings is 1. The van der Waals surface area contributed by atoms with E-state index in [-0.39, 0.29) is 28.6 Å². The second-order valence-corrected chi connectivity index (χ2v) is 7.61. The largest absolute Gasteiger partial charge is 0.478 e. The van der Waals surface area contributed by atoms with Crippen LogP contribution >= 0.6 is 11.6 Å². The lowest BCUT2D eigenvalue weighted by molar-refractivity contribution is 0.0696. The molecule has 1 aliphatic rings. The van der Waals surface area contributed by atoms with Crippen molar-refractivity contribution in [1.29, 1.82) is 0 Å². The third-order valence-electron chi connectivity index (χ3n) is 3.96. The van der Waals surface area contributed by atoms with E-state index >= 15 is 0 Å². The summed E-state index contributed by atoms with van der Waals surface area (Å²) in [5.74, 6) is -1.19. The van der Waals surface area contributed by atoms with Gasteiger partial charge >= 0.3 is 5.97 Å². The van der Waals surface area contributed by atoms with E-state index in [9.17, 15) is 18.3 Å². The van der Waals surface area contributed by atoms with Crippen molar-refractivity contribution in [2.75, 3.05) is 44.3 Å². The van der Waals surface area contributed by atoms with Gasteiger partial charge in [-0.1, -0.05) is 25.4 Å². The molecular weight excluding hydrogens is 356 g/mol. The van der Waals surface area contributed by atoms with Crippen molar-refractivity contribution in [3.05, 3.63) is 22.7 Å². The van der Waals surface area contributed by atoms with Crippen LogP contribution in [-0.2, 0) is 14.8 Å². The number of nitrogens with zero attached hydrogens (tertiary/aromatic N) is 2. The Morgan fingerprint density at radius 1 is 1.29 bits per heavy atom. The summed E-state index contributed by atoms with van der Waals surface area (Å²) in [5.41, 5.74) is 0.335. The lowest BCUT2D eigenvalue weighted by Gasteiger charge is -2.30. The summed E-state index contributed by atoms with van der Waals surface area (Å²) in [7, 11) is -3.84. The number of rotatable bonds is 6. The Kier molecular flexibility index (Phi) is 6.08. The molecule has 1 fully saturated rings. The molecule has 0 atom stereocenters. The monoisotopic (exact) mass is 376 g/mol. The van der Waals surface area contributed by atoms with Gasteiger partial charge in [0.05, 0.1) is 29.5 Å². The van der Waals surface area contributed by atoms with E-state index in [0.29, 0.717) is 32.0 Å². The van der Waals surface area contributed by atoms with Gasteiger partial charge in [-0.3, -0.25) is 0 Å². The first kappa shape index (κ1) is 19.0. The van der Waals surface area contributed by atoms with Crippen LogP contribution in [0.5, 0.6) is 0 Å². The fourth-order valence-corrected chi connectivity index (χ4v) is 4.66. The number of morpholine rings is 1. The fraction of sp³-hybridized carbons (Fsp3) is 0.533. The molecule has 2 rings (SSSR count). The van der Waals surface area contributed by atoms with Crippen molar-refractivity contribution < 1.29 is 23.1 Å². The second kappa shape index (κ2) is 7.69. The molecule has 24 heavy (non-hydrogen) atoms. The number of hydrogen-bond acceptors (Lipinski definition) is 5. The van der Waals surface area contributed by atoms with Crippen LogP contribution in [0.4, 0.5) is 5.69 Å². The van der Waals surface area contributed by atoms with Crippen molar-refractivity contribution in [3.63, 3.8) is 0 Å². The number of aromatic carboxylic acids is 1. The zero-order valence-electron chi connectivity index (χ0n) is 13.7. The summed E-state index contributed by atoms with van der Waals surface area (Å²) in [4.78, 5) is 13.3. The molecule has 1 aliphatic heterocycles. The van der Waals surface area contributed by atoms with Gasteiger partial charge in [-0.25, -0.2) is 13.2 Å². The molecule has 0 aromatic heterocycles. The van der Waals surface area contributed by atoms with Gasteiger partial charge in [-0.05, 0) is 12.1 Å². The minimum absolute atomic E-state index is 0.0217. The van der Waals surface area contributed by atoms with Gasteiger partial charge in [0.15, 0.2) is 0 Å². The highest BCUT2D eigenvalue weighted by Gasteiger charge is 2.28. The predicted molar refractivity (Wildman–Crippen MR) is 91.6 cm³/mol. The molecule has 1 N–H and O–H groups in total. The minimum Gasteiger partial charge on any atom is -0.478 e. The zero-order valence-corrected chi connectivity index (χ0v) is 15.2. The molecule has 1 saturated heterocycles. The Hall–Kier alpha value is -1.35. The Morgan fingerprint density at radius 2 is 1.88 bits per heavy atom. The first-order valence-corrected chi connectivity index (χ1v) is 9.54. The summed E-state index contributed by atoms with van der Waals surface area (Å²) >= 11 is 6.21. The number of ether oxygens (including phenoxy) is 1. The van der Waals surface area contributed by atoms with Gasteiger partial charge < -0.3 is 14.7 Å². The Labute approximate surface area is 146 Å². The zero-order chi connectivity index (χ0) is 17.9. The third kappa shape index (κ3) is 3.66. The molecule has 0 saturated carbocycles. The minimum atomic E-state index is -3.84. The van der Waals surface area contributed by atoms with Crippen molar-refractivity contribution in [3.8, 4) is 0 Å².